The van der Waals surface area contributed by atoms with Crippen molar-refractivity contribution in [3.05, 3.63) is 78.4 Å². The number of nitrogen functional groups attached to an aromatic ring is 1. The Labute approximate surface area is 202 Å². The Bertz CT molecular complexity index is 1660. The molecule has 0 spiro atoms. The van der Waals surface area contributed by atoms with Crippen LogP contribution in [-0.2, 0) is 16.6 Å². The molecular weight excluding hydrogens is 462 g/mol. The van der Waals surface area contributed by atoms with E-state index in [2.05, 4.69) is 46.5 Å². The van der Waals surface area contributed by atoms with Gasteiger partial charge in [0.15, 0.2) is 5.82 Å². The molecule has 6 rings (SSSR count). The van der Waals surface area contributed by atoms with E-state index >= 15 is 0 Å². The highest BCUT2D eigenvalue weighted by Crippen LogP contribution is 2.37. The number of anilines is 1. The number of aromatic nitrogens is 5. The van der Waals surface area contributed by atoms with E-state index < -0.39 is 10.0 Å². The molecule has 2 aromatic carbocycles. The predicted octanol–water partition coefficient (Wildman–Crippen LogP) is 3.13. The Balaban J connectivity index is 1.41. The second-order valence-electron chi connectivity index (χ2n) is 9.08. The summed E-state index contributed by atoms with van der Waals surface area (Å²) >= 11 is 0. The molecule has 0 amide bonds. The average molecular weight is 488 g/mol. The van der Waals surface area contributed by atoms with Crippen LogP contribution in [0.15, 0.2) is 67.1 Å². The standard InChI is InChI=1S/C25H25N7O2S/c1-35(33,34)31-10-9-20(15-31)23-12-21(24-25(26)27-16-28-32(23)24)18-7-8-19-14-30(29-22(19)11-18)13-17-5-3-2-4-6-17/h2-8,11-12,14,16,20H,9-10,13,15H2,1H3,(H2,26,27,28). The van der Waals surface area contributed by atoms with Crippen molar-refractivity contribution in [2.24, 2.45) is 0 Å². The van der Waals surface area contributed by atoms with E-state index in [0.29, 0.717) is 25.5 Å². The fourth-order valence-electron chi connectivity index (χ4n) is 4.96. The minimum absolute atomic E-state index is 0.0223. The topological polar surface area (TPSA) is 111 Å². The molecule has 1 saturated heterocycles. The van der Waals surface area contributed by atoms with Crippen molar-refractivity contribution in [1.82, 2.24) is 28.7 Å². The van der Waals surface area contributed by atoms with E-state index in [-0.39, 0.29) is 5.92 Å². The molecule has 1 aliphatic heterocycles. The maximum Gasteiger partial charge on any atom is 0.211 e. The molecule has 0 saturated carbocycles. The van der Waals surface area contributed by atoms with Gasteiger partial charge in [-0.2, -0.15) is 10.2 Å². The van der Waals surface area contributed by atoms with Gasteiger partial charge < -0.3 is 5.73 Å². The van der Waals surface area contributed by atoms with Crippen LogP contribution in [0.3, 0.4) is 0 Å². The zero-order valence-electron chi connectivity index (χ0n) is 19.2. The molecule has 1 unspecified atom stereocenters. The second kappa shape index (κ2) is 8.17. The number of sulfonamides is 1. The molecule has 10 heteroatoms. The third kappa shape index (κ3) is 3.94. The molecule has 1 fully saturated rings. The third-order valence-corrected chi connectivity index (χ3v) is 7.97. The molecule has 1 aliphatic rings. The van der Waals surface area contributed by atoms with Gasteiger partial charge in [-0.15, -0.1) is 0 Å². The molecule has 2 N–H and O–H groups in total. The maximum absolute atomic E-state index is 12.1. The van der Waals surface area contributed by atoms with Gasteiger partial charge in [0, 0.05) is 41.8 Å². The van der Waals surface area contributed by atoms with Crippen molar-refractivity contribution >= 4 is 32.3 Å². The number of benzene rings is 2. The first-order chi connectivity index (χ1) is 16.9. The van der Waals surface area contributed by atoms with Gasteiger partial charge >= 0.3 is 0 Å². The number of fused-ring (bicyclic) bond motifs is 2. The van der Waals surface area contributed by atoms with Gasteiger partial charge in [0.2, 0.25) is 10.0 Å². The van der Waals surface area contributed by atoms with Crippen LogP contribution >= 0.6 is 0 Å². The van der Waals surface area contributed by atoms with Crippen LogP contribution < -0.4 is 5.73 Å². The summed E-state index contributed by atoms with van der Waals surface area (Å²) in [5, 5.41) is 10.3. The van der Waals surface area contributed by atoms with Gasteiger partial charge in [-0.3, -0.25) is 4.68 Å². The molecule has 0 radical (unpaired) electrons. The predicted molar refractivity (Wildman–Crippen MR) is 135 cm³/mol. The summed E-state index contributed by atoms with van der Waals surface area (Å²) in [6, 6.07) is 18.5. The van der Waals surface area contributed by atoms with Gasteiger partial charge in [0.25, 0.3) is 0 Å². The average Bonchev–Trinajstić information content (AvgIpc) is 3.55. The van der Waals surface area contributed by atoms with Crippen LogP contribution in [0.25, 0.3) is 27.5 Å². The van der Waals surface area contributed by atoms with E-state index in [0.717, 1.165) is 39.7 Å². The lowest BCUT2D eigenvalue weighted by Gasteiger charge is -2.13. The van der Waals surface area contributed by atoms with Crippen molar-refractivity contribution in [3.63, 3.8) is 0 Å². The van der Waals surface area contributed by atoms with Crippen LogP contribution in [0.2, 0.25) is 0 Å². The first-order valence-electron chi connectivity index (χ1n) is 11.5. The van der Waals surface area contributed by atoms with E-state index in [1.54, 1.807) is 0 Å². The summed E-state index contributed by atoms with van der Waals surface area (Å²) in [6.07, 6.45) is 5.47. The maximum atomic E-state index is 12.1. The zero-order valence-corrected chi connectivity index (χ0v) is 20.1. The Hall–Kier alpha value is -3.76. The van der Waals surface area contributed by atoms with Gasteiger partial charge in [-0.25, -0.2) is 22.2 Å². The molecule has 5 aromatic rings. The van der Waals surface area contributed by atoms with Crippen LogP contribution in [-0.4, -0.2) is 56.4 Å². The lowest BCUT2D eigenvalue weighted by molar-refractivity contribution is 0.477. The minimum Gasteiger partial charge on any atom is -0.382 e. The number of hydrogen-bond acceptors (Lipinski definition) is 6. The molecule has 9 nitrogen and oxygen atoms in total. The molecule has 0 aliphatic carbocycles. The van der Waals surface area contributed by atoms with E-state index in [1.807, 2.05) is 33.6 Å². The Kier molecular flexibility index (Phi) is 5.08. The Morgan fingerprint density at radius 1 is 1.11 bits per heavy atom. The van der Waals surface area contributed by atoms with Crippen LogP contribution in [0.5, 0.6) is 0 Å². The smallest absolute Gasteiger partial charge is 0.211 e. The van der Waals surface area contributed by atoms with Gasteiger partial charge in [-0.1, -0.05) is 42.5 Å². The van der Waals surface area contributed by atoms with Gasteiger partial charge in [0.05, 0.1) is 18.3 Å². The molecular formula is C25H25N7O2S. The fraction of sp³-hybridized carbons (Fsp3) is 0.240. The number of nitrogens with zero attached hydrogens (tertiary/aromatic N) is 6. The summed E-state index contributed by atoms with van der Waals surface area (Å²) in [5.74, 6) is 0.406. The number of hydrogen-bond donors (Lipinski definition) is 1. The normalized spacial score (nSPS) is 17.0. The van der Waals surface area contributed by atoms with Crippen LogP contribution in [0.4, 0.5) is 5.82 Å². The highest BCUT2D eigenvalue weighted by Gasteiger charge is 2.32. The number of rotatable bonds is 5. The molecule has 35 heavy (non-hydrogen) atoms. The van der Waals surface area contributed by atoms with Crippen LogP contribution in [0, 0.1) is 0 Å². The van der Waals surface area contributed by atoms with E-state index in [9.17, 15) is 8.42 Å². The first-order valence-corrected chi connectivity index (χ1v) is 13.3. The SMILES string of the molecule is CS(=O)(=O)N1CCC(c2cc(-c3ccc4cn(Cc5ccccc5)nc4c3)c3c(N)ncnn23)C1. The summed E-state index contributed by atoms with van der Waals surface area (Å²) < 4.78 is 29.4. The monoisotopic (exact) mass is 487 g/mol. The van der Waals surface area contributed by atoms with Crippen molar-refractivity contribution in [2.75, 3.05) is 25.1 Å². The van der Waals surface area contributed by atoms with Crippen molar-refractivity contribution in [1.29, 1.82) is 0 Å². The summed E-state index contributed by atoms with van der Waals surface area (Å²) in [4.78, 5) is 4.22. The first kappa shape index (κ1) is 21.8. The largest absolute Gasteiger partial charge is 0.382 e. The molecule has 178 valence electrons. The van der Waals surface area contributed by atoms with E-state index in [4.69, 9.17) is 10.8 Å². The van der Waals surface area contributed by atoms with E-state index in [1.165, 1.54) is 22.5 Å². The quantitative estimate of drug-likeness (QED) is 0.408. The molecule has 4 heterocycles. The number of nitrogens with two attached hydrogens (primary N) is 1. The zero-order chi connectivity index (χ0) is 24.2. The van der Waals surface area contributed by atoms with Gasteiger partial charge in [-0.05, 0) is 29.7 Å². The molecule has 0 bridgehead atoms. The fourth-order valence-corrected chi connectivity index (χ4v) is 5.85. The highest BCUT2D eigenvalue weighted by molar-refractivity contribution is 7.88. The Morgan fingerprint density at radius 2 is 1.94 bits per heavy atom. The highest BCUT2D eigenvalue weighted by atomic mass is 32.2. The minimum atomic E-state index is -3.24. The van der Waals surface area contributed by atoms with Crippen molar-refractivity contribution in [3.8, 4) is 11.1 Å². The summed E-state index contributed by atoms with van der Waals surface area (Å²) in [7, 11) is -3.24. The molecule has 1 atom stereocenters. The van der Waals surface area contributed by atoms with Gasteiger partial charge in [0.1, 0.15) is 11.8 Å². The van der Waals surface area contributed by atoms with Crippen molar-refractivity contribution < 1.29 is 8.42 Å². The lowest BCUT2D eigenvalue weighted by atomic mass is 10.0. The Morgan fingerprint density at radius 3 is 2.71 bits per heavy atom. The molecule has 3 aromatic heterocycles. The lowest BCUT2D eigenvalue weighted by Crippen LogP contribution is -2.27. The van der Waals surface area contributed by atoms with Crippen molar-refractivity contribution in [2.45, 2.75) is 18.9 Å². The summed E-state index contributed by atoms with van der Waals surface area (Å²) in [5.41, 5.74) is 11.9. The summed E-state index contributed by atoms with van der Waals surface area (Å²) in [6.45, 7) is 1.62. The third-order valence-electron chi connectivity index (χ3n) is 6.70. The van der Waals surface area contributed by atoms with Crippen LogP contribution in [0.1, 0.15) is 23.6 Å². The second-order valence-corrected chi connectivity index (χ2v) is 11.1.